The van der Waals surface area contributed by atoms with Crippen molar-refractivity contribution < 1.29 is 13.5 Å². The molecular weight excluding hydrogens is 284 g/mol. The van der Waals surface area contributed by atoms with Crippen molar-refractivity contribution in [2.75, 3.05) is 12.4 Å². The van der Waals surface area contributed by atoms with E-state index in [0.29, 0.717) is 28.4 Å². The first-order valence-corrected chi connectivity index (χ1v) is 6.54. The van der Waals surface area contributed by atoms with Gasteiger partial charge in [0.15, 0.2) is 0 Å². The lowest BCUT2D eigenvalue weighted by Crippen LogP contribution is -2.08. The van der Waals surface area contributed by atoms with Crippen molar-refractivity contribution in [3.63, 3.8) is 0 Å². The maximum atomic E-state index is 13.7. The van der Waals surface area contributed by atoms with E-state index in [-0.39, 0.29) is 6.04 Å². The Morgan fingerprint density at radius 3 is 2.80 bits per heavy atom. The van der Waals surface area contributed by atoms with Crippen LogP contribution in [0.25, 0.3) is 0 Å². The Balaban J connectivity index is 2.00. The minimum atomic E-state index is -0.580. The summed E-state index contributed by atoms with van der Waals surface area (Å²) in [7, 11) is 1.56. The molecule has 1 heterocycles. The number of hydrogen-bond acceptors (Lipinski definition) is 2. The van der Waals surface area contributed by atoms with E-state index < -0.39 is 11.6 Å². The van der Waals surface area contributed by atoms with Gasteiger partial charge in [0, 0.05) is 16.7 Å². The first-order valence-electron chi connectivity index (χ1n) is 6.16. The fraction of sp³-hybridized carbons (Fsp3) is 0.200. The molecule has 1 unspecified atom stereocenters. The molecule has 0 fully saturated rings. The van der Waals surface area contributed by atoms with Gasteiger partial charge < -0.3 is 10.1 Å². The molecule has 0 bridgehead atoms. The maximum absolute atomic E-state index is 13.7. The summed E-state index contributed by atoms with van der Waals surface area (Å²) in [6.07, 6.45) is 0.487. The van der Waals surface area contributed by atoms with E-state index in [4.69, 9.17) is 16.3 Å². The second-order valence-corrected chi connectivity index (χ2v) is 5.15. The number of rotatable bonds is 2. The third-order valence-corrected chi connectivity index (χ3v) is 3.68. The fourth-order valence-corrected chi connectivity index (χ4v) is 2.74. The topological polar surface area (TPSA) is 21.3 Å². The second-order valence-electron chi connectivity index (χ2n) is 4.71. The second kappa shape index (κ2) is 4.94. The molecule has 5 heteroatoms. The zero-order valence-corrected chi connectivity index (χ0v) is 11.5. The molecular formula is C15H12ClF2NO. The Hall–Kier alpha value is -1.81. The van der Waals surface area contributed by atoms with E-state index in [0.717, 1.165) is 11.6 Å². The molecule has 0 radical (unpaired) electrons. The van der Waals surface area contributed by atoms with E-state index in [2.05, 4.69) is 5.32 Å². The van der Waals surface area contributed by atoms with Gasteiger partial charge in [-0.05, 0) is 36.2 Å². The molecule has 3 rings (SSSR count). The Morgan fingerprint density at radius 1 is 1.25 bits per heavy atom. The predicted octanol–water partition coefficient (Wildman–Crippen LogP) is 4.34. The Kier molecular flexibility index (Phi) is 3.26. The molecule has 1 aliphatic heterocycles. The number of hydrogen-bond donors (Lipinski definition) is 1. The molecule has 1 atom stereocenters. The van der Waals surface area contributed by atoms with Crippen LogP contribution in [0.4, 0.5) is 14.5 Å². The number of benzene rings is 2. The average Bonchev–Trinajstić information content (AvgIpc) is 2.82. The van der Waals surface area contributed by atoms with Crippen LogP contribution in [0.2, 0.25) is 5.02 Å². The van der Waals surface area contributed by atoms with Crippen molar-refractivity contribution in [2.45, 2.75) is 12.5 Å². The van der Waals surface area contributed by atoms with Crippen LogP contribution >= 0.6 is 11.6 Å². The molecule has 104 valence electrons. The van der Waals surface area contributed by atoms with Crippen molar-refractivity contribution >= 4 is 17.3 Å². The molecule has 0 spiro atoms. The van der Waals surface area contributed by atoms with Gasteiger partial charge in [0.1, 0.15) is 17.4 Å². The first kappa shape index (κ1) is 13.2. The summed E-state index contributed by atoms with van der Waals surface area (Å²) in [6, 6.07) is 7.31. The SMILES string of the molecule is COc1ccc(Cl)cc1C1Cc2cc(F)cc(F)c2N1. The lowest BCUT2D eigenvalue weighted by Gasteiger charge is -2.16. The normalized spacial score (nSPS) is 16.7. The molecule has 0 saturated carbocycles. The van der Waals surface area contributed by atoms with Crippen LogP contribution < -0.4 is 10.1 Å². The van der Waals surface area contributed by atoms with Gasteiger partial charge >= 0.3 is 0 Å². The van der Waals surface area contributed by atoms with E-state index in [9.17, 15) is 8.78 Å². The monoisotopic (exact) mass is 295 g/mol. The van der Waals surface area contributed by atoms with E-state index >= 15 is 0 Å². The minimum Gasteiger partial charge on any atom is -0.496 e. The summed E-state index contributed by atoms with van der Waals surface area (Å²) in [5.74, 6) is -0.481. The predicted molar refractivity (Wildman–Crippen MR) is 74.4 cm³/mol. The third-order valence-electron chi connectivity index (χ3n) is 3.45. The Bertz CT molecular complexity index is 675. The molecule has 20 heavy (non-hydrogen) atoms. The number of nitrogens with one attached hydrogen (secondary N) is 1. The molecule has 0 aromatic heterocycles. The number of ether oxygens (including phenoxy) is 1. The van der Waals surface area contributed by atoms with Gasteiger partial charge in [-0.15, -0.1) is 0 Å². The summed E-state index contributed by atoms with van der Waals surface area (Å²) in [5.41, 5.74) is 1.80. The fourth-order valence-electron chi connectivity index (χ4n) is 2.56. The Morgan fingerprint density at radius 2 is 2.05 bits per heavy atom. The number of methoxy groups -OCH3 is 1. The molecule has 2 aromatic rings. The highest BCUT2D eigenvalue weighted by Crippen LogP contribution is 2.40. The van der Waals surface area contributed by atoms with Crippen LogP contribution in [0.15, 0.2) is 30.3 Å². The molecule has 0 aliphatic carbocycles. The first-order chi connectivity index (χ1) is 9.58. The highest BCUT2D eigenvalue weighted by molar-refractivity contribution is 6.30. The minimum absolute atomic E-state index is 0.185. The van der Waals surface area contributed by atoms with Crippen LogP contribution in [0.5, 0.6) is 5.75 Å². The largest absolute Gasteiger partial charge is 0.496 e. The lowest BCUT2D eigenvalue weighted by atomic mass is 10.0. The van der Waals surface area contributed by atoms with E-state index in [1.165, 1.54) is 6.07 Å². The number of anilines is 1. The van der Waals surface area contributed by atoms with Crippen LogP contribution in [-0.2, 0) is 6.42 Å². The average molecular weight is 296 g/mol. The number of halogens is 3. The van der Waals surface area contributed by atoms with Crippen LogP contribution in [0, 0.1) is 11.6 Å². The highest BCUT2D eigenvalue weighted by Gasteiger charge is 2.27. The molecule has 0 saturated heterocycles. The summed E-state index contributed by atoms with van der Waals surface area (Å²) >= 11 is 6.00. The Labute approximate surface area is 120 Å². The van der Waals surface area contributed by atoms with E-state index in [1.807, 2.05) is 0 Å². The van der Waals surface area contributed by atoms with Crippen molar-refractivity contribution in [1.29, 1.82) is 0 Å². The summed E-state index contributed by atoms with van der Waals surface area (Å²) in [6.45, 7) is 0. The van der Waals surface area contributed by atoms with E-state index in [1.54, 1.807) is 25.3 Å². The number of fused-ring (bicyclic) bond motifs is 1. The van der Waals surface area contributed by atoms with Crippen molar-refractivity contribution in [2.24, 2.45) is 0 Å². The van der Waals surface area contributed by atoms with Crippen molar-refractivity contribution in [3.05, 3.63) is 58.1 Å². The van der Waals surface area contributed by atoms with Gasteiger partial charge in [0.2, 0.25) is 0 Å². The molecule has 2 aromatic carbocycles. The molecule has 1 aliphatic rings. The van der Waals surface area contributed by atoms with Gasteiger partial charge in [0.05, 0.1) is 18.8 Å². The van der Waals surface area contributed by atoms with Crippen LogP contribution in [0.1, 0.15) is 17.2 Å². The van der Waals surface area contributed by atoms with Gasteiger partial charge in [-0.3, -0.25) is 0 Å². The standard InChI is InChI=1S/C15H12ClF2NO/c1-20-14-3-2-9(16)6-11(14)13-5-8-4-10(17)7-12(18)15(8)19-13/h2-4,6-7,13,19H,5H2,1H3. The maximum Gasteiger partial charge on any atom is 0.149 e. The smallest absolute Gasteiger partial charge is 0.149 e. The molecule has 2 nitrogen and oxygen atoms in total. The van der Waals surface area contributed by atoms with Crippen LogP contribution in [-0.4, -0.2) is 7.11 Å². The zero-order valence-electron chi connectivity index (χ0n) is 10.7. The van der Waals surface area contributed by atoms with Crippen LogP contribution in [0.3, 0.4) is 0 Å². The summed E-state index contributed by atoms with van der Waals surface area (Å²) in [5, 5.41) is 3.64. The lowest BCUT2D eigenvalue weighted by molar-refractivity contribution is 0.407. The van der Waals surface area contributed by atoms with Gasteiger partial charge in [-0.25, -0.2) is 8.78 Å². The quantitative estimate of drug-likeness (QED) is 0.890. The van der Waals surface area contributed by atoms with Crippen molar-refractivity contribution in [1.82, 2.24) is 0 Å². The van der Waals surface area contributed by atoms with Gasteiger partial charge in [0.25, 0.3) is 0 Å². The molecule has 1 N–H and O–H groups in total. The van der Waals surface area contributed by atoms with Gasteiger partial charge in [-0.2, -0.15) is 0 Å². The summed E-state index contributed by atoms with van der Waals surface area (Å²) in [4.78, 5) is 0. The van der Waals surface area contributed by atoms with Crippen molar-refractivity contribution in [3.8, 4) is 5.75 Å². The summed E-state index contributed by atoms with van der Waals surface area (Å²) < 4.78 is 32.3. The third kappa shape index (κ3) is 2.20. The zero-order chi connectivity index (χ0) is 14.3. The van der Waals surface area contributed by atoms with Gasteiger partial charge in [-0.1, -0.05) is 11.6 Å². The molecule has 0 amide bonds. The highest BCUT2D eigenvalue weighted by atomic mass is 35.5.